The molecule has 0 unspecified atom stereocenters. The van der Waals surface area contributed by atoms with Crippen LogP contribution < -0.4 is 24.8 Å². The normalized spacial score (nSPS) is 5.89. The maximum absolute atomic E-state index is 5.47. The Bertz CT molecular complexity index is 119. The number of hydrogen-bond donors (Lipinski definition) is 0. The van der Waals surface area contributed by atoms with E-state index in [4.69, 9.17) is 11.6 Å². The first-order valence-corrected chi connectivity index (χ1v) is 2.84. The van der Waals surface area contributed by atoms with Gasteiger partial charge in [0.05, 0.1) is 4.34 Å². The van der Waals surface area contributed by atoms with Gasteiger partial charge in [0, 0.05) is 0 Å². The summed E-state index contributed by atoms with van der Waals surface area (Å²) < 4.78 is 0.856. The van der Waals surface area contributed by atoms with Gasteiger partial charge in [0.25, 0.3) is 0 Å². The van der Waals surface area contributed by atoms with E-state index in [1.807, 2.05) is 17.5 Å². The van der Waals surface area contributed by atoms with Crippen LogP contribution in [0, 0.1) is 0 Å². The van der Waals surface area contributed by atoms with Gasteiger partial charge in [0.1, 0.15) is 0 Å². The third kappa shape index (κ3) is 7.23. The number of hydrogen-bond acceptors (Lipinski definition) is 1. The first-order chi connectivity index (χ1) is 2.89. The molecule has 0 spiro atoms. The fraction of sp³-hybridized carbons (Fsp3) is 0. The van der Waals surface area contributed by atoms with E-state index in [1.54, 1.807) is 11.3 Å². The van der Waals surface area contributed by atoms with Crippen molar-refractivity contribution >= 4 is 46.0 Å². The Morgan fingerprint density at radius 2 is 1.89 bits per heavy atom. The third-order valence-corrected chi connectivity index (χ3v) is 1.53. The minimum atomic E-state index is 0. The third-order valence-electron chi connectivity index (χ3n) is 0.486. The van der Waals surface area contributed by atoms with Gasteiger partial charge in [-0.1, -0.05) is 11.6 Å². The van der Waals surface area contributed by atoms with Crippen LogP contribution in [0.1, 0.15) is 0 Å². The summed E-state index contributed by atoms with van der Waals surface area (Å²) in [5.74, 6) is 0. The molecule has 0 aromatic carbocycles. The summed E-state index contributed by atoms with van der Waals surface area (Å²) in [4.78, 5) is 0. The Labute approximate surface area is 92.0 Å². The van der Waals surface area contributed by atoms with Crippen molar-refractivity contribution in [3.8, 4) is 0 Å². The predicted molar refractivity (Wildman–Crippen MR) is 35.1 cm³/mol. The Morgan fingerprint density at radius 1 is 1.33 bits per heavy atom. The van der Waals surface area contributed by atoms with Crippen molar-refractivity contribution in [2.45, 2.75) is 0 Å². The molecule has 5 heteroatoms. The van der Waals surface area contributed by atoms with Gasteiger partial charge in [-0.05, 0) is 17.5 Å². The van der Waals surface area contributed by atoms with E-state index in [-0.39, 0.29) is 47.9 Å². The van der Waals surface area contributed by atoms with Gasteiger partial charge in [-0.15, -0.1) is 11.3 Å². The summed E-state index contributed by atoms with van der Waals surface area (Å²) in [5.41, 5.74) is 0. The minimum absolute atomic E-state index is 0. The van der Waals surface area contributed by atoms with Crippen molar-refractivity contribution in [3.05, 3.63) is 21.8 Å². The van der Waals surface area contributed by atoms with Crippen molar-refractivity contribution < 1.29 is 24.8 Å². The Balaban J connectivity index is -0.000000120. The molecule has 0 nitrogen and oxygen atoms in total. The zero-order valence-corrected chi connectivity index (χ0v) is 8.98. The van der Waals surface area contributed by atoms with Crippen molar-refractivity contribution in [3.63, 3.8) is 0 Å². The molecule has 0 aliphatic rings. The van der Waals surface area contributed by atoms with Crippen LogP contribution in [0.5, 0.6) is 0 Å². The molecule has 0 fully saturated rings. The van der Waals surface area contributed by atoms with Gasteiger partial charge in [-0.2, -0.15) is 0 Å². The zero-order chi connectivity index (χ0) is 4.41. The van der Waals surface area contributed by atoms with Gasteiger partial charge in [-0.3, -0.25) is 0 Å². The van der Waals surface area contributed by atoms with E-state index in [0.717, 1.165) is 4.34 Å². The van der Waals surface area contributed by atoms with E-state index in [2.05, 4.69) is 0 Å². The summed E-state index contributed by atoms with van der Waals surface area (Å²) in [6.07, 6.45) is 0. The monoisotopic (exact) mass is 212 g/mol. The van der Waals surface area contributed by atoms with E-state index in [0.29, 0.717) is 0 Å². The van der Waals surface area contributed by atoms with Gasteiger partial charge >= 0.3 is 23.1 Å². The maximum Gasteiger partial charge on any atom is 2.00 e. The van der Waals surface area contributed by atoms with Crippen LogP contribution in [0.2, 0.25) is 4.34 Å². The minimum Gasteiger partial charge on any atom is -1.00 e. The fourth-order valence-corrected chi connectivity index (χ4v) is 0.930. The topological polar surface area (TPSA) is 0 Å². The summed E-state index contributed by atoms with van der Waals surface area (Å²) in [7, 11) is 0. The number of thiophene rings is 1. The summed E-state index contributed by atoms with van der Waals surface area (Å²) in [6, 6.07) is 3.79. The van der Waals surface area contributed by atoms with E-state index in [9.17, 15) is 0 Å². The molecule has 1 rings (SSSR count). The number of halogens is 3. The molecular formula is C4H3Cl3MgS. The first kappa shape index (κ1) is 16.7. The molecule has 1 aromatic heterocycles. The Kier molecular flexibility index (Phi) is 17.4. The molecule has 1 heterocycles. The van der Waals surface area contributed by atoms with Gasteiger partial charge in [0.15, 0.2) is 0 Å². The molecule has 1 aromatic rings. The van der Waals surface area contributed by atoms with Crippen LogP contribution in [0.25, 0.3) is 0 Å². The number of rotatable bonds is 0. The zero-order valence-electron chi connectivity index (χ0n) is 4.48. The average molecular weight is 214 g/mol. The molecule has 0 N–H and O–H groups in total. The SMILES string of the molecule is Clc1cccs1.[Cl-].[Cl-].[Mg+2]. The summed E-state index contributed by atoms with van der Waals surface area (Å²) in [6.45, 7) is 0. The van der Waals surface area contributed by atoms with E-state index in [1.165, 1.54) is 0 Å². The second-order valence-electron chi connectivity index (χ2n) is 0.917. The molecular weight excluding hydrogens is 211 g/mol. The Hall–Kier alpha value is 1.34. The summed E-state index contributed by atoms with van der Waals surface area (Å²) >= 11 is 7.02. The molecule has 0 bridgehead atoms. The average Bonchev–Trinajstić information content (AvgIpc) is 1.86. The molecule has 9 heavy (non-hydrogen) atoms. The quantitative estimate of drug-likeness (QED) is 0.386. The van der Waals surface area contributed by atoms with E-state index < -0.39 is 0 Å². The van der Waals surface area contributed by atoms with Crippen molar-refractivity contribution in [2.75, 3.05) is 0 Å². The fourth-order valence-electron chi connectivity index (χ4n) is 0.259. The molecule has 0 aliphatic heterocycles. The molecule has 0 atom stereocenters. The maximum atomic E-state index is 5.47. The molecule has 0 saturated heterocycles. The second kappa shape index (κ2) is 9.34. The first-order valence-electron chi connectivity index (χ1n) is 1.58. The van der Waals surface area contributed by atoms with Crippen molar-refractivity contribution in [2.24, 2.45) is 0 Å². The largest absolute Gasteiger partial charge is 2.00 e. The molecule has 0 saturated carbocycles. The van der Waals surface area contributed by atoms with Crippen LogP contribution >= 0.6 is 22.9 Å². The van der Waals surface area contributed by atoms with E-state index >= 15 is 0 Å². The summed E-state index contributed by atoms with van der Waals surface area (Å²) in [5, 5.41) is 1.95. The van der Waals surface area contributed by atoms with Crippen LogP contribution in [-0.4, -0.2) is 23.1 Å². The van der Waals surface area contributed by atoms with Crippen LogP contribution in [-0.2, 0) is 0 Å². The molecule has 0 amide bonds. The Morgan fingerprint density at radius 3 is 2.00 bits per heavy atom. The van der Waals surface area contributed by atoms with Crippen molar-refractivity contribution in [1.29, 1.82) is 0 Å². The second-order valence-corrected chi connectivity index (χ2v) is 2.50. The van der Waals surface area contributed by atoms with Gasteiger partial charge in [0.2, 0.25) is 0 Å². The van der Waals surface area contributed by atoms with Crippen LogP contribution in [0.4, 0.5) is 0 Å². The predicted octanol–water partition coefficient (Wildman–Crippen LogP) is -3.97. The molecule has 0 radical (unpaired) electrons. The molecule has 0 aliphatic carbocycles. The smallest absolute Gasteiger partial charge is 1.00 e. The van der Waals surface area contributed by atoms with Crippen LogP contribution in [0.15, 0.2) is 17.5 Å². The van der Waals surface area contributed by atoms with Crippen molar-refractivity contribution in [1.82, 2.24) is 0 Å². The van der Waals surface area contributed by atoms with Crippen LogP contribution in [0.3, 0.4) is 0 Å². The van der Waals surface area contributed by atoms with Gasteiger partial charge < -0.3 is 24.8 Å². The standard InChI is InChI=1S/C4H3ClS.2ClH.Mg/c5-4-2-1-3-6-4;;;/h1-3H;2*1H;/q;;;+2/p-2. The molecule has 48 valence electrons. The van der Waals surface area contributed by atoms with Gasteiger partial charge in [-0.25, -0.2) is 0 Å².